The molecule has 2 saturated heterocycles. The second kappa shape index (κ2) is 5.07. The van der Waals surface area contributed by atoms with Crippen molar-refractivity contribution in [3.63, 3.8) is 0 Å². The number of likely N-dealkylation sites (tertiary alicyclic amines) is 1. The molecule has 19 heavy (non-hydrogen) atoms. The zero-order valence-corrected chi connectivity index (χ0v) is 10.9. The van der Waals surface area contributed by atoms with Gasteiger partial charge in [-0.2, -0.15) is 0 Å². The van der Waals surface area contributed by atoms with Gasteiger partial charge in [0.15, 0.2) is 5.79 Å². The maximum absolute atomic E-state index is 13.2. The average molecular weight is 266 g/mol. The Morgan fingerprint density at radius 2 is 1.89 bits per heavy atom. The number of rotatable bonds is 2. The third-order valence-electron chi connectivity index (χ3n) is 3.93. The SMILES string of the molecule is Nc1ccc(F)cc1CN1CCC2(CC1)OCCO2. The molecular formula is C14H19FN2O2. The summed E-state index contributed by atoms with van der Waals surface area (Å²) in [5, 5.41) is 0. The lowest BCUT2D eigenvalue weighted by atomic mass is 10.0. The molecule has 0 bridgehead atoms. The summed E-state index contributed by atoms with van der Waals surface area (Å²) in [5.41, 5.74) is 7.38. The van der Waals surface area contributed by atoms with E-state index in [1.54, 1.807) is 6.07 Å². The molecule has 2 fully saturated rings. The van der Waals surface area contributed by atoms with Crippen molar-refractivity contribution in [1.29, 1.82) is 0 Å². The number of nitrogens with zero attached hydrogens (tertiary/aromatic N) is 1. The minimum absolute atomic E-state index is 0.236. The molecule has 2 aliphatic heterocycles. The molecule has 4 nitrogen and oxygen atoms in total. The van der Waals surface area contributed by atoms with Gasteiger partial charge in [-0.05, 0) is 23.8 Å². The molecular weight excluding hydrogens is 247 g/mol. The van der Waals surface area contributed by atoms with E-state index in [-0.39, 0.29) is 11.6 Å². The lowest BCUT2D eigenvalue weighted by molar-refractivity contribution is -0.185. The molecule has 2 N–H and O–H groups in total. The van der Waals surface area contributed by atoms with Crippen LogP contribution >= 0.6 is 0 Å². The van der Waals surface area contributed by atoms with Crippen molar-refractivity contribution in [2.45, 2.75) is 25.2 Å². The molecule has 0 amide bonds. The monoisotopic (exact) mass is 266 g/mol. The van der Waals surface area contributed by atoms with E-state index in [0.717, 1.165) is 31.5 Å². The maximum atomic E-state index is 13.2. The summed E-state index contributed by atoms with van der Waals surface area (Å²) >= 11 is 0. The van der Waals surface area contributed by atoms with Gasteiger partial charge in [0.05, 0.1) is 13.2 Å². The molecule has 0 saturated carbocycles. The lowest BCUT2D eigenvalue weighted by Crippen LogP contribution is -2.44. The quantitative estimate of drug-likeness (QED) is 0.828. The molecule has 104 valence electrons. The first-order valence-corrected chi connectivity index (χ1v) is 6.71. The van der Waals surface area contributed by atoms with E-state index in [2.05, 4.69) is 4.90 Å². The van der Waals surface area contributed by atoms with Gasteiger partial charge in [-0.15, -0.1) is 0 Å². The second-order valence-corrected chi connectivity index (χ2v) is 5.23. The highest BCUT2D eigenvalue weighted by molar-refractivity contribution is 5.46. The highest BCUT2D eigenvalue weighted by Gasteiger charge is 2.39. The van der Waals surface area contributed by atoms with Crippen LogP contribution in [0.3, 0.4) is 0 Å². The number of nitrogens with two attached hydrogens (primary N) is 1. The van der Waals surface area contributed by atoms with Gasteiger partial charge in [0.1, 0.15) is 5.82 Å². The van der Waals surface area contributed by atoms with Crippen molar-refractivity contribution in [1.82, 2.24) is 4.90 Å². The van der Waals surface area contributed by atoms with Crippen LogP contribution in [0, 0.1) is 5.82 Å². The number of benzene rings is 1. The summed E-state index contributed by atoms with van der Waals surface area (Å²) in [4.78, 5) is 2.27. The van der Waals surface area contributed by atoms with Gasteiger partial charge >= 0.3 is 0 Å². The van der Waals surface area contributed by atoms with Crippen molar-refractivity contribution < 1.29 is 13.9 Å². The molecule has 2 heterocycles. The van der Waals surface area contributed by atoms with Gasteiger partial charge in [0, 0.05) is 38.2 Å². The molecule has 0 atom stereocenters. The van der Waals surface area contributed by atoms with Crippen LogP contribution in [0.4, 0.5) is 10.1 Å². The Morgan fingerprint density at radius 3 is 2.58 bits per heavy atom. The molecule has 3 rings (SSSR count). The van der Waals surface area contributed by atoms with Crippen LogP contribution in [0.2, 0.25) is 0 Å². The summed E-state index contributed by atoms with van der Waals surface area (Å²) in [7, 11) is 0. The third kappa shape index (κ3) is 2.73. The fraction of sp³-hybridized carbons (Fsp3) is 0.571. The van der Waals surface area contributed by atoms with E-state index in [9.17, 15) is 4.39 Å². The van der Waals surface area contributed by atoms with Gasteiger partial charge in [0.25, 0.3) is 0 Å². The largest absolute Gasteiger partial charge is 0.398 e. The Labute approximate surface area is 112 Å². The molecule has 0 aliphatic carbocycles. The van der Waals surface area contributed by atoms with Gasteiger partial charge in [-0.3, -0.25) is 4.90 Å². The van der Waals surface area contributed by atoms with Crippen LogP contribution in [0.5, 0.6) is 0 Å². The van der Waals surface area contributed by atoms with Gasteiger partial charge in [-0.25, -0.2) is 4.39 Å². The third-order valence-corrected chi connectivity index (χ3v) is 3.93. The topological polar surface area (TPSA) is 47.7 Å². The highest BCUT2D eigenvalue weighted by Crippen LogP contribution is 2.32. The van der Waals surface area contributed by atoms with E-state index in [4.69, 9.17) is 15.2 Å². The summed E-state index contributed by atoms with van der Waals surface area (Å²) in [6, 6.07) is 4.53. The number of ether oxygens (including phenoxy) is 2. The predicted octanol–water partition coefficient (Wildman–Crippen LogP) is 1.75. The standard InChI is InChI=1S/C14H19FN2O2/c15-12-1-2-13(16)11(9-12)10-17-5-3-14(4-6-17)18-7-8-19-14/h1-2,9H,3-8,10,16H2. The Bertz CT molecular complexity index is 451. The number of piperidine rings is 1. The van der Waals surface area contributed by atoms with E-state index in [0.29, 0.717) is 25.4 Å². The summed E-state index contributed by atoms with van der Waals surface area (Å²) < 4.78 is 24.6. The smallest absolute Gasteiger partial charge is 0.170 e. The van der Waals surface area contributed by atoms with Crippen molar-refractivity contribution in [3.05, 3.63) is 29.6 Å². The van der Waals surface area contributed by atoms with Crippen LogP contribution in [0.15, 0.2) is 18.2 Å². The molecule has 1 spiro atoms. The van der Waals surface area contributed by atoms with Crippen molar-refractivity contribution in [3.8, 4) is 0 Å². The normalized spacial score (nSPS) is 23.0. The second-order valence-electron chi connectivity index (χ2n) is 5.23. The first kappa shape index (κ1) is 12.8. The number of nitrogen functional groups attached to an aromatic ring is 1. The summed E-state index contributed by atoms with van der Waals surface area (Å²) in [5.74, 6) is -0.593. The van der Waals surface area contributed by atoms with Crippen molar-refractivity contribution >= 4 is 5.69 Å². The van der Waals surface area contributed by atoms with E-state index in [1.807, 2.05) is 0 Å². The van der Waals surface area contributed by atoms with E-state index in [1.165, 1.54) is 12.1 Å². The van der Waals surface area contributed by atoms with Crippen LogP contribution in [-0.4, -0.2) is 37.0 Å². The molecule has 1 aromatic rings. The lowest BCUT2D eigenvalue weighted by Gasteiger charge is -2.37. The van der Waals surface area contributed by atoms with Crippen LogP contribution < -0.4 is 5.73 Å². The first-order chi connectivity index (χ1) is 9.17. The number of anilines is 1. The van der Waals surface area contributed by atoms with Gasteiger partial charge < -0.3 is 15.2 Å². The predicted molar refractivity (Wildman–Crippen MR) is 70.0 cm³/mol. The fourth-order valence-electron chi connectivity index (χ4n) is 2.79. The average Bonchev–Trinajstić information content (AvgIpc) is 2.85. The number of halogens is 1. The molecule has 5 heteroatoms. The minimum atomic E-state index is -0.357. The van der Waals surface area contributed by atoms with E-state index < -0.39 is 0 Å². The number of hydrogen-bond acceptors (Lipinski definition) is 4. The van der Waals surface area contributed by atoms with Crippen LogP contribution in [0.1, 0.15) is 18.4 Å². The Kier molecular flexibility index (Phi) is 3.43. The highest BCUT2D eigenvalue weighted by atomic mass is 19.1. The maximum Gasteiger partial charge on any atom is 0.170 e. The molecule has 0 unspecified atom stereocenters. The van der Waals surface area contributed by atoms with Gasteiger partial charge in [-0.1, -0.05) is 0 Å². The molecule has 0 radical (unpaired) electrons. The minimum Gasteiger partial charge on any atom is -0.398 e. The summed E-state index contributed by atoms with van der Waals surface area (Å²) in [6.07, 6.45) is 1.73. The number of hydrogen-bond donors (Lipinski definition) is 1. The van der Waals surface area contributed by atoms with Crippen molar-refractivity contribution in [2.24, 2.45) is 0 Å². The van der Waals surface area contributed by atoms with Crippen molar-refractivity contribution in [2.75, 3.05) is 32.0 Å². The Morgan fingerprint density at radius 1 is 1.21 bits per heavy atom. The Hall–Kier alpha value is -1.17. The first-order valence-electron chi connectivity index (χ1n) is 6.71. The molecule has 2 aliphatic rings. The zero-order valence-electron chi connectivity index (χ0n) is 10.9. The Balaban J connectivity index is 1.61. The molecule has 1 aromatic carbocycles. The van der Waals surface area contributed by atoms with Crippen LogP contribution in [0.25, 0.3) is 0 Å². The van der Waals surface area contributed by atoms with Crippen LogP contribution in [-0.2, 0) is 16.0 Å². The van der Waals surface area contributed by atoms with E-state index >= 15 is 0 Å². The zero-order chi connectivity index (χ0) is 13.3. The molecule has 0 aromatic heterocycles. The fourth-order valence-corrected chi connectivity index (χ4v) is 2.79. The summed E-state index contributed by atoms with van der Waals surface area (Å²) in [6.45, 7) is 3.83. The van der Waals surface area contributed by atoms with Gasteiger partial charge in [0.2, 0.25) is 0 Å².